The molecule has 1 amide bonds. The van der Waals surface area contributed by atoms with E-state index in [-0.39, 0.29) is 17.3 Å². The van der Waals surface area contributed by atoms with Crippen LogP contribution in [0.4, 0.5) is 10.2 Å². The van der Waals surface area contributed by atoms with Crippen LogP contribution in [-0.2, 0) is 13.1 Å². The minimum absolute atomic E-state index is 0.0486. The highest BCUT2D eigenvalue weighted by molar-refractivity contribution is 5.95. The molecule has 0 saturated heterocycles. The van der Waals surface area contributed by atoms with Crippen molar-refractivity contribution in [2.75, 3.05) is 12.3 Å². The quantitative estimate of drug-likeness (QED) is 0.818. The highest BCUT2D eigenvalue weighted by atomic mass is 19.1. The van der Waals surface area contributed by atoms with Gasteiger partial charge in [-0.15, -0.1) is 0 Å². The molecule has 0 atom stereocenters. The monoisotopic (exact) mass is 261 g/mol. The van der Waals surface area contributed by atoms with Crippen LogP contribution in [0.2, 0.25) is 0 Å². The van der Waals surface area contributed by atoms with Crippen molar-refractivity contribution in [3.63, 3.8) is 0 Å². The lowest BCUT2D eigenvalue weighted by Gasteiger charge is -2.27. The zero-order chi connectivity index (χ0) is 13.4. The number of fused-ring (bicyclic) bond motifs is 1. The van der Waals surface area contributed by atoms with Crippen molar-refractivity contribution in [3.05, 3.63) is 41.9 Å². The van der Waals surface area contributed by atoms with E-state index in [9.17, 15) is 9.18 Å². The summed E-state index contributed by atoms with van der Waals surface area (Å²) < 4.78 is 15.8. The molecule has 0 aromatic carbocycles. The molecule has 1 aliphatic rings. The van der Waals surface area contributed by atoms with Crippen LogP contribution in [0.25, 0.3) is 0 Å². The maximum absolute atomic E-state index is 13.8. The number of nitrogens with two attached hydrogens (primary N) is 1. The third kappa shape index (κ3) is 1.92. The second-order valence-corrected chi connectivity index (χ2v) is 4.32. The molecule has 0 spiro atoms. The van der Waals surface area contributed by atoms with Crippen LogP contribution in [0.15, 0.2) is 24.7 Å². The molecule has 0 bridgehead atoms. The Morgan fingerprint density at radius 3 is 3.00 bits per heavy atom. The number of rotatable bonds is 1. The summed E-state index contributed by atoms with van der Waals surface area (Å²) in [5.41, 5.74) is 5.33. The van der Waals surface area contributed by atoms with Crippen molar-refractivity contribution in [2.45, 2.75) is 13.1 Å². The molecular weight excluding hydrogens is 249 g/mol. The molecule has 3 heterocycles. The summed E-state index contributed by atoms with van der Waals surface area (Å²) in [5, 5.41) is 0. The number of pyridine rings is 1. The molecule has 7 heteroatoms. The summed E-state index contributed by atoms with van der Waals surface area (Å²) in [7, 11) is 0. The number of anilines is 1. The summed E-state index contributed by atoms with van der Waals surface area (Å²) in [6.07, 6.45) is 4.88. The smallest absolute Gasteiger partial charge is 0.257 e. The van der Waals surface area contributed by atoms with Gasteiger partial charge in [0.05, 0.1) is 12.1 Å². The van der Waals surface area contributed by atoms with E-state index >= 15 is 0 Å². The Balaban J connectivity index is 1.88. The predicted molar refractivity (Wildman–Crippen MR) is 65.6 cm³/mol. The molecule has 19 heavy (non-hydrogen) atoms. The predicted octanol–water partition coefficient (Wildman–Crippen LogP) is 0.655. The molecule has 2 N–H and O–H groups in total. The first kappa shape index (κ1) is 11.6. The van der Waals surface area contributed by atoms with E-state index in [2.05, 4.69) is 9.97 Å². The Bertz CT molecular complexity index is 639. The normalized spacial score (nSPS) is 14.3. The van der Waals surface area contributed by atoms with Gasteiger partial charge >= 0.3 is 0 Å². The average molecular weight is 261 g/mol. The number of imidazole rings is 1. The summed E-state index contributed by atoms with van der Waals surface area (Å²) in [5.74, 6) is -0.617. The number of hydrogen-bond donors (Lipinski definition) is 1. The summed E-state index contributed by atoms with van der Waals surface area (Å²) >= 11 is 0. The maximum atomic E-state index is 13.8. The van der Waals surface area contributed by atoms with Gasteiger partial charge < -0.3 is 15.2 Å². The standard InChI is InChI=1S/C12H12FN5O/c13-10-8(1-2-16-11(10)14)12(19)18-6-5-17-4-3-15-9(17)7-18/h1-4H,5-7H2,(H2,14,16). The molecule has 0 radical (unpaired) electrons. The van der Waals surface area contributed by atoms with Crippen LogP contribution in [0.1, 0.15) is 16.2 Å². The van der Waals surface area contributed by atoms with Crippen LogP contribution in [0.3, 0.4) is 0 Å². The van der Waals surface area contributed by atoms with E-state index < -0.39 is 5.82 Å². The molecule has 1 aliphatic heterocycles. The van der Waals surface area contributed by atoms with Crippen molar-refractivity contribution in [2.24, 2.45) is 0 Å². The second-order valence-electron chi connectivity index (χ2n) is 4.32. The third-order valence-corrected chi connectivity index (χ3v) is 3.18. The van der Waals surface area contributed by atoms with Gasteiger partial charge in [0.2, 0.25) is 0 Å². The zero-order valence-corrected chi connectivity index (χ0v) is 10.1. The largest absolute Gasteiger partial charge is 0.381 e. The lowest BCUT2D eigenvalue weighted by Crippen LogP contribution is -2.38. The number of carbonyl (C=O) groups excluding carboxylic acids is 1. The molecule has 0 saturated carbocycles. The minimum Gasteiger partial charge on any atom is -0.381 e. The van der Waals surface area contributed by atoms with Gasteiger partial charge in [0.25, 0.3) is 5.91 Å². The molecule has 2 aromatic heterocycles. The van der Waals surface area contributed by atoms with Gasteiger partial charge in [0.15, 0.2) is 11.6 Å². The first-order valence-electron chi connectivity index (χ1n) is 5.86. The van der Waals surface area contributed by atoms with Gasteiger partial charge in [0, 0.05) is 31.7 Å². The number of halogens is 1. The lowest BCUT2D eigenvalue weighted by molar-refractivity contribution is 0.0702. The minimum atomic E-state index is -0.763. The number of aromatic nitrogens is 3. The van der Waals surface area contributed by atoms with Gasteiger partial charge in [-0.2, -0.15) is 0 Å². The van der Waals surface area contributed by atoms with Crippen LogP contribution in [-0.4, -0.2) is 31.9 Å². The van der Waals surface area contributed by atoms with Crippen LogP contribution < -0.4 is 5.73 Å². The Morgan fingerprint density at radius 2 is 2.16 bits per heavy atom. The van der Waals surface area contributed by atoms with Crippen LogP contribution in [0.5, 0.6) is 0 Å². The van der Waals surface area contributed by atoms with Crippen molar-refractivity contribution >= 4 is 11.7 Å². The zero-order valence-electron chi connectivity index (χ0n) is 10.1. The first-order valence-corrected chi connectivity index (χ1v) is 5.86. The SMILES string of the molecule is Nc1nccc(C(=O)N2CCn3ccnc3C2)c1F. The lowest BCUT2D eigenvalue weighted by atomic mass is 10.2. The number of carbonyl (C=O) groups is 1. The van der Waals surface area contributed by atoms with Crippen molar-refractivity contribution in [1.29, 1.82) is 0 Å². The van der Waals surface area contributed by atoms with E-state index in [1.807, 2.05) is 10.8 Å². The second kappa shape index (κ2) is 4.34. The Labute approximate surface area is 108 Å². The van der Waals surface area contributed by atoms with Crippen molar-refractivity contribution in [3.8, 4) is 0 Å². The van der Waals surface area contributed by atoms with Gasteiger partial charge in [-0.05, 0) is 6.07 Å². The highest BCUT2D eigenvalue weighted by Crippen LogP contribution is 2.17. The molecule has 98 valence electrons. The number of nitrogen functional groups attached to an aromatic ring is 1. The topological polar surface area (TPSA) is 77.0 Å². The van der Waals surface area contributed by atoms with E-state index in [1.54, 1.807) is 11.1 Å². The van der Waals surface area contributed by atoms with Gasteiger partial charge in [-0.1, -0.05) is 0 Å². The maximum Gasteiger partial charge on any atom is 0.257 e. The number of amides is 1. The van der Waals surface area contributed by atoms with Crippen molar-refractivity contribution < 1.29 is 9.18 Å². The fourth-order valence-corrected chi connectivity index (χ4v) is 2.14. The number of hydrogen-bond acceptors (Lipinski definition) is 4. The molecule has 0 aliphatic carbocycles. The summed E-state index contributed by atoms with van der Waals surface area (Å²) in [6, 6.07) is 1.34. The van der Waals surface area contributed by atoms with E-state index in [4.69, 9.17) is 5.73 Å². The molecule has 0 unspecified atom stereocenters. The van der Waals surface area contributed by atoms with E-state index in [0.29, 0.717) is 19.6 Å². The molecule has 3 rings (SSSR count). The summed E-state index contributed by atoms with van der Waals surface area (Å²) in [4.78, 5) is 21.6. The highest BCUT2D eigenvalue weighted by Gasteiger charge is 2.25. The molecule has 2 aromatic rings. The molecular formula is C12H12FN5O. The fraction of sp³-hybridized carbons (Fsp3) is 0.250. The third-order valence-electron chi connectivity index (χ3n) is 3.18. The average Bonchev–Trinajstić information content (AvgIpc) is 2.88. The van der Waals surface area contributed by atoms with E-state index in [0.717, 1.165) is 5.82 Å². The van der Waals surface area contributed by atoms with Gasteiger partial charge in [0.1, 0.15) is 5.82 Å². The van der Waals surface area contributed by atoms with E-state index in [1.165, 1.54) is 12.3 Å². The number of nitrogens with zero attached hydrogens (tertiary/aromatic N) is 4. The first-order chi connectivity index (χ1) is 9.16. The van der Waals surface area contributed by atoms with Crippen LogP contribution >= 0.6 is 0 Å². The van der Waals surface area contributed by atoms with Crippen LogP contribution in [0, 0.1) is 5.82 Å². The summed E-state index contributed by atoms with van der Waals surface area (Å²) in [6.45, 7) is 1.54. The van der Waals surface area contributed by atoms with Crippen molar-refractivity contribution in [1.82, 2.24) is 19.4 Å². The fourth-order valence-electron chi connectivity index (χ4n) is 2.14. The Morgan fingerprint density at radius 1 is 1.32 bits per heavy atom. The Kier molecular flexibility index (Phi) is 2.66. The van der Waals surface area contributed by atoms with Gasteiger partial charge in [-0.3, -0.25) is 4.79 Å². The van der Waals surface area contributed by atoms with Gasteiger partial charge in [-0.25, -0.2) is 14.4 Å². The Hall–Kier alpha value is -2.44. The molecule has 0 fully saturated rings. The molecule has 6 nitrogen and oxygen atoms in total.